The third-order valence-electron chi connectivity index (χ3n) is 2.81. The molecule has 0 N–H and O–H groups in total. The second-order valence-electron chi connectivity index (χ2n) is 8.25. The molecule has 1 rings (SSSR count). The Hall–Kier alpha value is 0.202. The van der Waals surface area contributed by atoms with Crippen molar-refractivity contribution < 1.29 is 21.1 Å². The third kappa shape index (κ3) is 22.2. The molecule has 134 valence electrons. The predicted octanol–water partition coefficient (Wildman–Crippen LogP) is 6.98. The summed E-state index contributed by atoms with van der Waals surface area (Å²) in [4.78, 5) is 7.25. The first-order chi connectivity index (χ1) is 9.55. The summed E-state index contributed by atoms with van der Waals surface area (Å²) < 4.78 is 0. The molecule has 0 unspecified atom stereocenters. The van der Waals surface area contributed by atoms with Crippen LogP contribution in [0.3, 0.4) is 0 Å². The Kier molecular flexibility index (Phi) is 18.2. The van der Waals surface area contributed by atoms with E-state index in [4.69, 9.17) is 10.5 Å². The summed E-state index contributed by atoms with van der Waals surface area (Å²) in [6.07, 6.45) is 0. The van der Waals surface area contributed by atoms with E-state index < -0.39 is 16.1 Å². The van der Waals surface area contributed by atoms with E-state index in [0.29, 0.717) is 0 Å². The van der Waals surface area contributed by atoms with Gasteiger partial charge in [-0.25, -0.2) is 0 Å². The molecule has 0 aromatic heterocycles. The molecule has 0 heterocycles. The van der Waals surface area contributed by atoms with E-state index in [2.05, 4.69) is 87.0 Å². The van der Waals surface area contributed by atoms with Gasteiger partial charge in [0, 0.05) is 5.92 Å². The van der Waals surface area contributed by atoms with Crippen molar-refractivity contribution in [3.8, 4) is 0 Å². The van der Waals surface area contributed by atoms with Gasteiger partial charge >= 0.3 is 21.1 Å². The maximum atomic E-state index is 7.25. The largest absolute Gasteiger partial charge is 3.00 e. The van der Waals surface area contributed by atoms with Crippen molar-refractivity contribution in [2.45, 2.75) is 73.9 Å². The molecule has 0 aromatic carbocycles. The molecule has 0 aliphatic heterocycles. The van der Waals surface area contributed by atoms with Gasteiger partial charge in [0.2, 0.25) is 0 Å². The van der Waals surface area contributed by atoms with Crippen molar-refractivity contribution in [1.82, 2.24) is 0 Å². The van der Waals surface area contributed by atoms with Gasteiger partial charge in [-0.2, -0.15) is 0 Å². The fourth-order valence-corrected chi connectivity index (χ4v) is 1.41. The van der Waals surface area contributed by atoms with Crippen LogP contribution in [0.2, 0.25) is 39.3 Å². The molecular weight excluding hydrogens is 398 g/mol. The number of nitroso groups, excluding NO2 is 1. The molecule has 0 aromatic rings. The summed E-state index contributed by atoms with van der Waals surface area (Å²) in [5, 5.41) is 0. The van der Waals surface area contributed by atoms with Crippen molar-refractivity contribution in [3.05, 3.63) is 51.8 Å². The number of hydrogen-bond donors (Lipinski definition) is 0. The molecule has 2 radical (unpaired) electrons. The molecule has 0 saturated carbocycles. The van der Waals surface area contributed by atoms with Gasteiger partial charge in [0.15, 0.2) is 0 Å². The Labute approximate surface area is 162 Å². The normalized spacial score (nSPS) is 14.7. The van der Waals surface area contributed by atoms with E-state index in [9.17, 15) is 0 Å². The van der Waals surface area contributed by atoms with Gasteiger partial charge in [0.1, 0.15) is 0 Å². The number of nitrogens with zero attached hydrogens (tertiary/aromatic N) is 1. The molecule has 0 fully saturated rings. The second kappa shape index (κ2) is 13.5. The smallest absolute Gasteiger partial charge is 0.577 e. The summed E-state index contributed by atoms with van der Waals surface area (Å²) >= 11 is 0. The zero-order valence-corrected chi connectivity index (χ0v) is 21.2. The van der Waals surface area contributed by atoms with Gasteiger partial charge in [-0.05, 0) is 38.8 Å². The zero-order chi connectivity index (χ0) is 18.9. The predicted molar refractivity (Wildman–Crippen MR) is 110 cm³/mol. The van der Waals surface area contributed by atoms with E-state index >= 15 is 0 Å². The SMILES string of the molecule is C[C]1C(C)=C(C)C(C)=C1C.[CH2-][Si](C)(C)C.[CH2-][Si](C)(C)C.[Mo+3].[N-]=O. The zero-order valence-electron chi connectivity index (χ0n) is 17.2. The van der Waals surface area contributed by atoms with Crippen LogP contribution in [-0.2, 0) is 21.1 Å². The molecule has 5 heteroatoms. The van der Waals surface area contributed by atoms with Crippen molar-refractivity contribution in [2.75, 3.05) is 0 Å². The van der Waals surface area contributed by atoms with Crippen LogP contribution in [0.15, 0.2) is 22.3 Å². The Balaban J connectivity index is -0.000000120. The third-order valence-corrected chi connectivity index (χ3v) is 2.81. The minimum Gasteiger partial charge on any atom is -0.577 e. The Morgan fingerprint density at radius 1 is 0.609 bits per heavy atom. The van der Waals surface area contributed by atoms with Crippen molar-refractivity contribution in [1.29, 1.82) is 0 Å². The van der Waals surface area contributed by atoms with E-state index in [-0.39, 0.29) is 21.1 Å². The molecule has 0 atom stereocenters. The summed E-state index contributed by atoms with van der Waals surface area (Å²) in [5.74, 6) is 1.47. The monoisotopic (exact) mass is 437 g/mol. The Morgan fingerprint density at radius 3 is 0.783 bits per heavy atom. The van der Waals surface area contributed by atoms with Gasteiger partial charge in [0.25, 0.3) is 0 Å². The standard InChI is InChI=1S/C10H15.2C4H11Si.Mo.NO/c1-6-7(2)9(4)10(5)8(6)3;2*1-5(2,3)4;;1-2/h1-5H3;2*1H2,2-4H3;;/q;2*-1;+3;-1. The molecule has 23 heavy (non-hydrogen) atoms. The average Bonchev–Trinajstić information content (AvgIpc) is 2.46. The molecule has 0 spiro atoms. The molecular formula is C18H37MoNOSi2. The first-order valence-corrected chi connectivity index (χ1v) is 15.1. The molecule has 1 aliphatic carbocycles. The van der Waals surface area contributed by atoms with Crippen LogP contribution in [0.25, 0.3) is 5.59 Å². The van der Waals surface area contributed by atoms with E-state index in [0.717, 1.165) is 0 Å². The van der Waals surface area contributed by atoms with Crippen LogP contribution < -0.4 is 0 Å². The van der Waals surface area contributed by atoms with Crippen LogP contribution in [0.5, 0.6) is 0 Å². The van der Waals surface area contributed by atoms with Crippen LogP contribution in [0.1, 0.15) is 34.6 Å². The number of rotatable bonds is 0. The quantitative estimate of drug-likeness (QED) is 0.299. The number of allylic oxidation sites excluding steroid dienone is 4. The van der Waals surface area contributed by atoms with Gasteiger partial charge < -0.3 is 23.6 Å². The minimum absolute atomic E-state index is 0. The summed E-state index contributed by atoms with van der Waals surface area (Å²) in [6.45, 7) is 32.1. The second-order valence-corrected chi connectivity index (χ2v) is 18.5. The van der Waals surface area contributed by atoms with E-state index in [1.54, 1.807) is 0 Å². The maximum absolute atomic E-state index is 7.25. The van der Waals surface area contributed by atoms with Crippen LogP contribution in [-0.4, -0.2) is 16.1 Å². The van der Waals surface area contributed by atoms with Crippen LogP contribution >= 0.6 is 0 Å². The van der Waals surface area contributed by atoms with Gasteiger partial charge in [0.05, 0.1) is 0 Å². The number of hydrogen-bond acceptors (Lipinski definition) is 1. The first-order valence-electron chi connectivity index (χ1n) is 7.64. The van der Waals surface area contributed by atoms with Gasteiger partial charge in [-0.3, -0.25) is 0 Å². The van der Waals surface area contributed by atoms with E-state index in [1.165, 1.54) is 28.2 Å². The van der Waals surface area contributed by atoms with Crippen LogP contribution in [0.4, 0.5) is 0 Å². The summed E-state index contributed by atoms with van der Waals surface area (Å²) in [6, 6.07) is 0. The maximum Gasteiger partial charge on any atom is 3.00 e. The average molecular weight is 436 g/mol. The molecule has 0 bridgehead atoms. The van der Waals surface area contributed by atoms with Crippen molar-refractivity contribution in [3.63, 3.8) is 0 Å². The molecule has 1 aliphatic rings. The molecule has 2 nitrogen and oxygen atoms in total. The molecule has 0 amide bonds. The minimum atomic E-state index is -0.861. The van der Waals surface area contributed by atoms with Crippen molar-refractivity contribution in [2.24, 2.45) is 0 Å². The Bertz CT molecular complexity index is 343. The summed E-state index contributed by atoms with van der Waals surface area (Å²) in [7, 11) is -1.72. The van der Waals surface area contributed by atoms with Crippen molar-refractivity contribution >= 4 is 16.1 Å². The van der Waals surface area contributed by atoms with Crippen LogP contribution in [0, 0.1) is 23.9 Å². The van der Waals surface area contributed by atoms with E-state index in [1.807, 2.05) is 0 Å². The van der Waals surface area contributed by atoms with Gasteiger partial charge in [-0.1, -0.05) is 57.4 Å². The fraction of sp³-hybridized carbons (Fsp3) is 0.611. The first kappa shape index (κ1) is 31.0. The fourth-order valence-electron chi connectivity index (χ4n) is 1.41. The molecule has 0 saturated heterocycles. The summed E-state index contributed by atoms with van der Waals surface area (Å²) in [5.41, 5.74) is 11.6. The topological polar surface area (TPSA) is 39.4 Å². The Morgan fingerprint density at radius 2 is 0.739 bits per heavy atom. The van der Waals surface area contributed by atoms with Gasteiger partial charge in [-0.15, -0.1) is 16.1 Å².